The number of halogens is 2. The van der Waals surface area contributed by atoms with Crippen LogP contribution in [-0.2, 0) is 9.84 Å². The van der Waals surface area contributed by atoms with Crippen molar-refractivity contribution in [2.75, 3.05) is 32.1 Å². The molecule has 1 aromatic rings. The first-order valence-corrected chi connectivity index (χ1v) is 9.41. The van der Waals surface area contributed by atoms with Gasteiger partial charge in [-0.05, 0) is 25.5 Å². The molecule has 0 radical (unpaired) electrons. The molecular formula is C15H25FIN3O3S. The number of hydrogen-bond acceptors (Lipinski definition) is 4. The molecule has 0 amide bonds. The van der Waals surface area contributed by atoms with Gasteiger partial charge in [-0.1, -0.05) is 12.1 Å². The summed E-state index contributed by atoms with van der Waals surface area (Å²) >= 11 is 0. The summed E-state index contributed by atoms with van der Waals surface area (Å²) in [4.78, 5) is 4.03. The van der Waals surface area contributed by atoms with Crippen LogP contribution in [0.15, 0.2) is 29.3 Å². The van der Waals surface area contributed by atoms with Gasteiger partial charge in [0, 0.05) is 19.8 Å². The van der Waals surface area contributed by atoms with Crippen molar-refractivity contribution in [3.8, 4) is 5.75 Å². The Morgan fingerprint density at radius 2 is 2.00 bits per heavy atom. The highest BCUT2D eigenvalue weighted by Crippen LogP contribution is 2.16. The zero-order chi connectivity index (χ0) is 17.3. The molecule has 9 heteroatoms. The van der Waals surface area contributed by atoms with Gasteiger partial charge in [0.2, 0.25) is 0 Å². The molecule has 0 saturated heterocycles. The molecule has 0 aromatic heterocycles. The Balaban J connectivity index is 0.00000529. The Morgan fingerprint density at radius 3 is 2.58 bits per heavy atom. The van der Waals surface area contributed by atoms with Gasteiger partial charge < -0.3 is 15.4 Å². The van der Waals surface area contributed by atoms with Crippen molar-refractivity contribution >= 4 is 39.8 Å². The minimum atomic E-state index is -2.95. The number of ether oxygens (including phenoxy) is 1. The zero-order valence-corrected chi connectivity index (χ0v) is 17.2. The number of benzene rings is 1. The Bertz CT molecular complexity index is 626. The summed E-state index contributed by atoms with van der Waals surface area (Å²) in [7, 11) is -1.33. The van der Waals surface area contributed by atoms with Gasteiger partial charge in [-0.15, -0.1) is 24.0 Å². The normalized spacial score (nSPS) is 12.9. The van der Waals surface area contributed by atoms with Crippen LogP contribution < -0.4 is 15.4 Å². The van der Waals surface area contributed by atoms with E-state index in [1.54, 1.807) is 25.2 Å². The molecule has 6 nitrogen and oxygen atoms in total. The SMILES string of the molecule is CN=C(NCCCS(C)(=O)=O)NCC(C)Oc1ccccc1F.I. The Hall–Kier alpha value is -1.10. The van der Waals surface area contributed by atoms with Gasteiger partial charge in [-0.2, -0.15) is 0 Å². The number of aliphatic imine (C=N–C) groups is 1. The summed E-state index contributed by atoms with van der Waals surface area (Å²) in [6, 6.07) is 6.23. The fraction of sp³-hybridized carbons (Fsp3) is 0.533. The third-order valence-electron chi connectivity index (χ3n) is 2.93. The number of rotatable bonds is 8. The van der Waals surface area contributed by atoms with Crippen molar-refractivity contribution in [3.05, 3.63) is 30.1 Å². The topological polar surface area (TPSA) is 79.8 Å². The van der Waals surface area contributed by atoms with E-state index in [4.69, 9.17) is 4.74 Å². The smallest absolute Gasteiger partial charge is 0.191 e. The third-order valence-corrected chi connectivity index (χ3v) is 3.96. The van der Waals surface area contributed by atoms with Crippen molar-refractivity contribution in [3.63, 3.8) is 0 Å². The van der Waals surface area contributed by atoms with Crippen molar-refractivity contribution in [2.24, 2.45) is 4.99 Å². The van der Waals surface area contributed by atoms with Crippen LogP contribution in [0, 0.1) is 5.82 Å². The van der Waals surface area contributed by atoms with Crippen LogP contribution in [0.4, 0.5) is 4.39 Å². The number of sulfone groups is 1. The third kappa shape index (κ3) is 9.91. The summed E-state index contributed by atoms with van der Waals surface area (Å²) in [5.74, 6) is 0.479. The lowest BCUT2D eigenvalue weighted by molar-refractivity contribution is 0.214. The quantitative estimate of drug-likeness (QED) is 0.261. The van der Waals surface area contributed by atoms with Crippen molar-refractivity contribution in [1.82, 2.24) is 10.6 Å². The van der Waals surface area contributed by atoms with E-state index >= 15 is 0 Å². The maximum Gasteiger partial charge on any atom is 0.191 e. The van der Waals surface area contributed by atoms with E-state index < -0.39 is 15.7 Å². The van der Waals surface area contributed by atoms with Gasteiger partial charge >= 0.3 is 0 Å². The molecule has 2 N–H and O–H groups in total. The van der Waals surface area contributed by atoms with Crippen LogP contribution in [0.2, 0.25) is 0 Å². The van der Waals surface area contributed by atoms with Gasteiger partial charge in [0.25, 0.3) is 0 Å². The first-order valence-electron chi connectivity index (χ1n) is 7.35. The van der Waals surface area contributed by atoms with E-state index in [-0.39, 0.29) is 41.6 Å². The summed E-state index contributed by atoms with van der Waals surface area (Å²) in [6.45, 7) is 2.74. The lowest BCUT2D eigenvalue weighted by Crippen LogP contribution is -2.42. The number of nitrogens with zero attached hydrogens (tertiary/aromatic N) is 1. The molecule has 0 aliphatic heterocycles. The van der Waals surface area contributed by atoms with Gasteiger partial charge in [-0.25, -0.2) is 12.8 Å². The first kappa shape index (κ1) is 22.9. The number of guanidine groups is 1. The predicted molar refractivity (Wildman–Crippen MR) is 106 cm³/mol. The molecule has 1 unspecified atom stereocenters. The minimum absolute atomic E-state index is 0. The summed E-state index contributed by atoms with van der Waals surface area (Å²) in [5, 5.41) is 6.07. The van der Waals surface area contributed by atoms with E-state index in [1.807, 2.05) is 6.92 Å². The van der Waals surface area contributed by atoms with Crippen LogP contribution >= 0.6 is 24.0 Å². The molecule has 0 aliphatic carbocycles. The standard InChI is InChI=1S/C15H24FN3O3S.HI/c1-12(22-14-8-5-4-7-13(14)16)11-19-15(17-2)18-9-6-10-23(3,20)21;/h4-5,7-8,12H,6,9-11H2,1-3H3,(H2,17,18,19);1H. The van der Waals surface area contributed by atoms with E-state index in [9.17, 15) is 12.8 Å². The first-order chi connectivity index (χ1) is 10.8. The highest BCUT2D eigenvalue weighted by atomic mass is 127. The lowest BCUT2D eigenvalue weighted by Gasteiger charge is -2.18. The van der Waals surface area contributed by atoms with Crippen LogP contribution in [0.1, 0.15) is 13.3 Å². The van der Waals surface area contributed by atoms with E-state index in [0.29, 0.717) is 25.5 Å². The average molecular weight is 473 g/mol. The van der Waals surface area contributed by atoms with E-state index in [0.717, 1.165) is 0 Å². The van der Waals surface area contributed by atoms with Gasteiger partial charge in [-0.3, -0.25) is 4.99 Å². The molecule has 0 bridgehead atoms. The van der Waals surface area contributed by atoms with Crippen LogP contribution in [0.3, 0.4) is 0 Å². The average Bonchev–Trinajstić information content (AvgIpc) is 2.48. The minimum Gasteiger partial charge on any atom is -0.486 e. The summed E-state index contributed by atoms with van der Waals surface area (Å²) in [5.41, 5.74) is 0. The van der Waals surface area contributed by atoms with Crippen LogP contribution in [0.5, 0.6) is 5.75 Å². The fourth-order valence-corrected chi connectivity index (χ4v) is 2.47. The van der Waals surface area contributed by atoms with E-state index in [1.165, 1.54) is 12.3 Å². The second-order valence-corrected chi connectivity index (χ2v) is 7.48. The van der Waals surface area contributed by atoms with Crippen LogP contribution in [0.25, 0.3) is 0 Å². The predicted octanol–water partition coefficient (Wildman–Crippen LogP) is 1.81. The maximum absolute atomic E-state index is 13.5. The Kier molecular flexibility index (Phi) is 10.9. The zero-order valence-electron chi connectivity index (χ0n) is 14.1. The Morgan fingerprint density at radius 1 is 1.33 bits per heavy atom. The van der Waals surface area contributed by atoms with Gasteiger partial charge in [0.05, 0.1) is 12.3 Å². The van der Waals surface area contributed by atoms with Gasteiger partial charge in [0.1, 0.15) is 15.9 Å². The molecule has 138 valence electrons. The largest absolute Gasteiger partial charge is 0.486 e. The molecule has 0 heterocycles. The number of hydrogen-bond donors (Lipinski definition) is 2. The molecule has 1 rings (SSSR count). The summed E-state index contributed by atoms with van der Waals surface area (Å²) in [6.07, 6.45) is 1.45. The molecule has 0 fully saturated rings. The van der Waals surface area contributed by atoms with Crippen molar-refractivity contribution < 1.29 is 17.5 Å². The molecular weight excluding hydrogens is 448 g/mol. The second kappa shape index (κ2) is 11.5. The Labute approximate surface area is 160 Å². The van der Waals surface area contributed by atoms with E-state index in [2.05, 4.69) is 15.6 Å². The molecule has 0 saturated carbocycles. The summed E-state index contributed by atoms with van der Waals surface area (Å²) < 4.78 is 41.1. The van der Waals surface area contributed by atoms with Gasteiger partial charge in [0.15, 0.2) is 17.5 Å². The maximum atomic E-state index is 13.5. The highest BCUT2D eigenvalue weighted by molar-refractivity contribution is 14.0. The lowest BCUT2D eigenvalue weighted by atomic mass is 10.3. The van der Waals surface area contributed by atoms with Crippen molar-refractivity contribution in [1.29, 1.82) is 0 Å². The molecule has 1 aromatic carbocycles. The number of para-hydroxylation sites is 1. The molecule has 0 aliphatic rings. The molecule has 0 spiro atoms. The second-order valence-electron chi connectivity index (χ2n) is 5.22. The number of nitrogens with one attached hydrogen (secondary N) is 2. The highest BCUT2D eigenvalue weighted by Gasteiger charge is 2.09. The van der Waals surface area contributed by atoms with Crippen molar-refractivity contribution in [2.45, 2.75) is 19.4 Å². The molecule has 24 heavy (non-hydrogen) atoms. The van der Waals surface area contributed by atoms with Crippen LogP contribution in [-0.4, -0.2) is 52.6 Å². The monoisotopic (exact) mass is 473 g/mol. The molecule has 1 atom stereocenters. The fourth-order valence-electron chi connectivity index (χ4n) is 1.80.